The lowest BCUT2D eigenvalue weighted by Gasteiger charge is -2.26. The first kappa shape index (κ1) is 37.6. The minimum atomic E-state index is -1.13. The predicted octanol–water partition coefficient (Wildman–Crippen LogP) is 1.88. The number of aromatic amines is 1. The molecule has 1 aliphatic rings. The number of amides is 5. The number of aromatic nitrogens is 1. The summed E-state index contributed by atoms with van der Waals surface area (Å²) in [6.07, 6.45) is 3.84. The molecule has 0 aliphatic carbocycles. The molecule has 1 aliphatic heterocycles. The van der Waals surface area contributed by atoms with E-state index in [1.165, 1.54) is 12.1 Å². The Bertz CT molecular complexity index is 1830. The summed E-state index contributed by atoms with van der Waals surface area (Å²) in [7, 11) is 0. The van der Waals surface area contributed by atoms with Gasteiger partial charge in [0.15, 0.2) is 0 Å². The molecule has 1 fully saturated rings. The van der Waals surface area contributed by atoms with Gasteiger partial charge >= 0.3 is 0 Å². The van der Waals surface area contributed by atoms with Crippen LogP contribution in [0.25, 0.3) is 10.9 Å². The molecule has 4 aromatic rings. The average molecular weight is 710 g/mol. The van der Waals surface area contributed by atoms with Gasteiger partial charge in [-0.25, -0.2) is 0 Å². The number of hydrogen-bond acceptors (Lipinski definition) is 7. The van der Waals surface area contributed by atoms with E-state index < -0.39 is 47.8 Å². The Kier molecular flexibility index (Phi) is 13.4. The average Bonchev–Trinajstić information content (AvgIpc) is 3.55. The number of phenolic OH excluding ortho intramolecular Hbond substituents is 1. The number of phenols is 1. The van der Waals surface area contributed by atoms with Crippen molar-refractivity contribution in [2.24, 2.45) is 5.73 Å². The number of unbranched alkanes of at least 4 members (excludes halogenated alkanes) is 1. The molecule has 13 nitrogen and oxygen atoms in total. The third-order valence-corrected chi connectivity index (χ3v) is 9.14. The minimum Gasteiger partial charge on any atom is -0.508 e. The first-order valence-corrected chi connectivity index (χ1v) is 17.7. The number of nitrogens with one attached hydrogen (secondary N) is 6. The molecule has 13 heteroatoms. The van der Waals surface area contributed by atoms with Crippen molar-refractivity contribution in [2.75, 3.05) is 13.1 Å². The van der Waals surface area contributed by atoms with E-state index in [0.717, 1.165) is 22.0 Å². The molecular weight excluding hydrogens is 662 g/mol. The fourth-order valence-corrected chi connectivity index (χ4v) is 6.29. The molecule has 5 rings (SSSR count). The second kappa shape index (κ2) is 18.5. The lowest BCUT2D eigenvalue weighted by atomic mass is 10.0. The molecule has 1 aromatic heterocycles. The second-order valence-corrected chi connectivity index (χ2v) is 13.1. The van der Waals surface area contributed by atoms with Crippen LogP contribution in [0, 0.1) is 0 Å². The summed E-state index contributed by atoms with van der Waals surface area (Å²) in [6.45, 7) is 0.537. The van der Waals surface area contributed by atoms with E-state index in [1.54, 1.807) is 18.3 Å². The first-order chi connectivity index (χ1) is 25.2. The van der Waals surface area contributed by atoms with Crippen molar-refractivity contribution in [3.8, 4) is 5.75 Å². The normalized spacial score (nSPS) is 21.0. The largest absolute Gasteiger partial charge is 0.508 e. The number of carbonyl (C=O) groups excluding carboxylic acids is 5. The van der Waals surface area contributed by atoms with Crippen LogP contribution < -0.4 is 32.3 Å². The summed E-state index contributed by atoms with van der Waals surface area (Å²) in [5, 5.41) is 24.9. The van der Waals surface area contributed by atoms with Crippen LogP contribution in [0.2, 0.25) is 0 Å². The molecule has 5 amide bonds. The molecule has 0 spiro atoms. The molecule has 0 saturated carbocycles. The highest BCUT2D eigenvalue weighted by Gasteiger charge is 2.32. The van der Waals surface area contributed by atoms with Gasteiger partial charge in [0.2, 0.25) is 29.5 Å². The van der Waals surface area contributed by atoms with E-state index in [2.05, 4.69) is 31.6 Å². The monoisotopic (exact) mass is 709 g/mol. The molecule has 274 valence electrons. The van der Waals surface area contributed by atoms with E-state index in [-0.39, 0.29) is 56.7 Å². The fraction of sp³-hybridized carbons (Fsp3) is 0.359. The third-order valence-electron chi connectivity index (χ3n) is 9.14. The Hall–Kier alpha value is -5.69. The smallest absolute Gasteiger partial charge is 0.243 e. The molecule has 9 N–H and O–H groups in total. The number of H-pyrrole nitrogens is 1. The van der Waals surface area contributed by atoms with Crippen molar-refractivity contribution in [2.45, 2.75) is 75.5 Å². The molecule has 1 saturated heterocycles. The van der Waals surface area contributed by atoms with Gasteiger partial charge in [-0.3, -0.25) is 24.0 Å². The van der Waals surface area contributed by atoms with Crippen molar-refractivity contribution >= 4 is 40.4 Å². The highest BCUT2D eigenvalue weighted by atomic mass is 16.3. The van der Waals surface area contributed by atoms with Crippen molar-refractivity contribution in [1.82, 2.24) is 31.6 Å². The topological polar surface area (TPSA) is 208 Å². The van der Waals surface area contributed by atoms with Gasteiger partial charge in [0.05, 0.1) is 0 Å². The highest BCUT2D eigenvalue weighted by Crippen LogP contribution is 2.20. The van der Waals surface area contributed by atoms with Crippen LogP contribution >= 0.6 is 0 Å². The molecule has 3 aromatic carbocycles. The number of rotatable bonds is 10. The summed E-state index contributed by atoms with van der Waals surface area (Å²) >= 11 is 0. The number of para-hydroxylation sites is 1. The standard InChI is InChI=1S/C39H47N7O6/c40-19-7-6-13-31-37(50)45-32(22-26-15-17-28(47)18-16-26)36(49)41-20-8-14-35(48)43-33(21-25-9-2-1-3-10-25)38(51)46-34(39(52)44-31)23-27-24-42-30-12-5-4-11-29(27)30/h1-5,9-12,15-18,24,31-34,42,47H,6-8,13-14,19-23,40H2,(H,41,49)(H,43,48)(H,44,52)(H,45,50)(H,46,51)/t31-,32-,33-,34-/m0/s1. The number of nitrogens with two attached hydrogens (primary N) is 1. The Morgan fingerprint density at radius 3 is 1.94 bits per heavy atom. The Morgan fingerprint density at radius 2 is 1.23 bits per heavy atom. The molecule has 0 bridgehead atoms. The van der Waals surface area contributed by atoms with Crippen molar-refractivity contribution in [3.05, 3.63) is 102 Å². The quantitative estimate of drug-likeness (QED) is 0.115. The summed E-state index contributed by atoms with van der Waals surface area (Å²) in [5.74, 6) is -2.50. The van der Waals surface area contributed by atoms with E-state index in [9.17, 15) is 29.1 Å². The van der Waals surface area contributed by atoms with Crippen LogP contribution in [0.5, 0.6) is 5.75 Å². The minimum absolute atomic E-state index is 0.0241. The van der Waals surface area contributed by atoms with Crippen molar-refractivity contribution in [3.63, 3.8) is 0 Å². The maximum atomic E-state index is 14.2. The summed E-state index contributed by atoms with van der Waals surface area (Å²) in [6, 6.07) is 19.0. The Labute approximate surface area is 302 Å². The summed E-state index contributed by atoms with van der Waals surface area (Å²) in [4.78, 5) is 72.1. The van der Waals surface area contributed by atoms with Crippen molar-refractivity contribution < 1.29 is 29.1 Å². The molecule has 0 unspecified atom stereocenters. The third kappa shape index (κ3) is 10.7. The van der Waals surface area contributed by atoms with Crippen LogP contribution in [-0.2, 0) is 43.2 Å². The van der Waals surface area contributed by atoms with Crippen LogP contribution in [0.3, 0.4) is 0 Å². The highest BCUT2D eigenvalue weighted by molar-refractivity contribution is 5.96. The molecule has 2 heterocycles. The number of carbonyl (C=O) groups is 5. The van der Waals surface area contributed by atoms with Gasteiger partial charge in [-0.05, 0) is 67.1 Å². The maximum absolute atomic E-state index is 14.2. The van der Waals surface area contributed by atoms with Gasteiger partial charge in [-0.1, -0.05) is 60.7 Å². The van der Waals surface area contributed by atoms with E-state index in [4.69, 9.17) is 5.73 Å². The Balaban J connectivity index is 1.47. The van der Waals surface area contributed by atoms with Gasteiger partial charge in [0.1, 0.15) is 29.9 Å². The number of aromatic hydroxyl groups is 1. The van der Waals surface area contributed by atoms with Crippen LogP contribution in [0.15, 0.2) is 85.1 Å². The summed E-state index contributed by atoms with van der Waals surface area (Å²) in [5.41, 5.74) is 8.90. The van der Waals surface area contributed by atoms with Gasteiger partial charge < -0.3 is 42.4 Å². The predicted molar refractivity (Wildman–Crippen MR) is 197 cm³/mol. The summed E-state index contributed by atoms with van der Waals surface area (Å²) < 4.78 is 0. The van der Waals surface area contributed by atoms with Gasteiger partial charge in [-0.2, -0.15) is 0 Å². The van der Waals surface area contributed by atoms with Crippen molar-refractivity contribution in [1.29, 1.82) is 0 Å². The zero-order valence-corrected chi connectivity index (χ0v) is 29.0. The number of hydrogen-bond donors (Lipinski definition) is 8. The molecular formula is C39H47N7O6. The van der Waals surface area contributed by atoms with Gasteiger partial charge in [0.25, 0.3) is 0 Å². The molecule has 0 radical (unpaired) electrons. The van der Waals surface area contributed by atoms with E-state index in [1.807, 2.05) is 54.6 Å². The zero-order valence-electron chi connectivity index (χ0n) is 29.0. The maximum Gasteiger partial charge on any atom is 0.243 e. The SMILES string of the molecule is NCCCC[C@@H]1NC(=O)[C@H](Cc2c[nH]c3ccccc23)NC(=O)[C@H](Cc2ccccc2)NC(=O)CCCNC(=O)[C@H](Cc2ccc(O)cc2)NC1=O. The zero-order chi connectivity index (χ0) is 36.9. The van der Waals surface area contributed by atoms with Gasteiger partial charge in [0, 0.05) is 49.3 Å². The molecule has 52 heavy (non-hydrogen) atoms. The van der Waals surface area contributed by atoms with Gasteiger partial charge in [-0.15, -0.1) is 0 Å². The number of benzene rings is 3. The fourth-order valence-electron chi connectivity index (χ4n) is 6.29. The van der Waals surface area contributed by atoms with E-state index >= 15 is 0 Å². The second-order valence-electron chi connectivity index (χ2n) is 13.1. The van der Waals surface area contributed by atoms with E-state index in [0.29, 0.717) is 24.9 Å². The molecule has 4 atom stereocenters. The van der Waals surface area contributed by atoms with Crippen LogP contribution in [0.4, 0.5) is 0 Å². The Morgan fingerprint density at radius 1 is 0.635 bits per heavy atom. The van der Waals surface area contributed by atoms with Crippen LogP contribution in [-0.4, -0.2) is 76.9 Å². The first-order valence-electron chi connectivity index (χ1n) is 17.7. The lowest BCUT2D eigenvalue weighted by Crippen LogP contribution is -2.59. The van der Waals surface area contributed by atoms with Crippen LogP contribution in [0.1, 0.15) is 48.8 Å². The number of fused-ring (bicyclic) bond motifs is 1. The lowest BCUT2D eigenvalue weighted by molar-refractivity contribution is -0.134.